The van der Waals surface area contributed by atoms with Crippen molar-refractivity contribution in [2.45, 2.75) is 13.8 Å². The number of allylic oxidation sites excluding steroid dienone is 1. The largest absolute Gasteiger partial charge is 0.498 e. The van der Waals surface area contributed by atoms with Gasteiger partial charge in [0.15, 0.2) is 0 Å². The van der Waals surface area contributed by atoms with Crippen molar-refractivity contribution in [3.8, 4) is 0 Å². The van der Waals surface area contributed by atoms with Gasteiger partial charge in [-0.25, -0.2) is 0 Å². The Hall–Kier alpha value is -0.460. The van der Waals surface area contributed by atoms with Gasteiger partial charge in [0.2, 0.25) is 0 Å². The number of rotatable bonds is 0. The molecule has 1 nitrogen and oxygen atoms in total. The monoisotopic (exact) mass is 98.1 g/mol. The maximum atomic E-state index is 5.13. The van der Waals surface area contributed by atoms with Gasteiger partial charge >= 0.3 is 0 Å². The molecule has 0 saturated heterocycles. The number of ether oxygens (including phenoxy) is 1. The van der Waals surface area contributed by atoms with Crippen molar-refractivity contribution in [1.82, 2.24) is 0 Å². The summed E-state index contributed by atoms with van der Waals surface area (Å²) < 4.78 is 5.13. The third-order valence-corrected chi connectivity index (χ3v) is 1.09. The highest BCUT2D eigenvalue weighted by Gasteiger charge is 2.06. The van der Waals surface area contributed by atoms with E-state index in [4.69, 9.17) is 4.74 Å². The van der Waals surface area contributed by atoms with Gasteiger partial charge in [0.1, 0.15) is 0 Å². The average Bonchev–Trinajstić information content (AvgIpc) is 1.87. The first-order valence-electron chi connectivity index (χ1n) is 2.60. The predicted molar refractivity (Wildman–Crippen MR) is 28.9 cm³/mol. The Morgan fingerprint density at radius 3 is 2.71 bits per heavy atom. The smallest absolute Gasteiger partial charge is 0.0938 e. The Bertz CT molecular complexity index is 94.4. The van der Waals surface area contributed by atoms with Crippen LogP contribution in [0.4, 0.5) is 0 Å². The maximum Gasteiger partial charge on any atom is 0.0938 e. The van der Waals surface area contributed by atoms with Crippen LogP contribution in [0.15, 0.2) is 11.8 Å². The van der Waals surface area contributed by atoms with Crippen molar-refractivity contribution in [1.29, 1.82) is 0 Å². The topological polar surface area (TPSA) is 9.23 Å². The van der Waals surface area contributed by atoms with E-state index in [-0.39, 0.29) is 0 Å². The van der Waals surface area contributed by atoms with Crippen LogP contribution in [0.2, 0.25) is 0 Å². The minimum absolute atomic E-state index is 0.639. The van der Waals surface area contributed by atoms with E-state index in [1.54, 1.807) is 0 Å². The van der Waals surface area contributed by atoms with Crippen molar-refractivity contribution in [2.75, 3.05) is 6.61 Å². The summed E-state index contributed by atoms with van der Waals surface area (Å²) in [6.45, 7) is 5.02. The summed E-state index contributed by atoms with van der Waals surface area (Å²) in [6, 6.07) is 0. The molecule has 1 unspecified atom stereocenters. The van der Waals surface area contributed by atoms with Crippen LogP contribution < -0.4 is 0 Å². The fourth-order valence-corrected chi connectivity index (χ4v) is 0.760. The molecule has 0 amide bonds. The molecular formula is C6H10O. The first-order valence-corrected chi connectivity index (χ1v) is 2.60. The van der Waals surface area contributed by atoms with Crippen molar-refractivity contribution < 1.29 is 4.74 Å². The van der Waals surface area contributed by atoms with E-state index in [0.29, 0.717) is 5.92 Å². The van der Waals surface area contributed by atoms with Crippen LogP contribution >= 0.6 is 0 Å². The molecular weight excluding hydrogens is 88.1 g/mol. The number of hydrogen-bond acceptors (Lipinski definition) is 1. The van der Waals surface area contributed by atoms with Crippen LogP contribution in [0.25, 0.3) is 0 Å². The SMILES string of the molecule is CC1=CC(C)CO1. The second-order valence-electron chi connectivity index (χ2n) is 2.07. The van der Waals surface area contributed by atoms with Crippen molar-refractivity contribution >= 4 is 0 Å². The molecule has 0 radical (unpaired) electrons. The van der Waals surface area contributed by atoms with Gasteiger partial charge in [-0.05, 0) is 13.0 Å². The molecule has 7 heavy (non-hydrogen) atoms. The van der Waals surface area contributed by atoms with Gasteiger partial charge in [-0.2, -0.15) is 0 Å². The molecule has 1 atom stereocenters. The van der Waals surface area contributed by atoms with Gasteiger partial charge in [0, 0.05) is 5.92 Å². The molecule has 1 heteroatoms. The number of hydrogen-bond donors (Lipinski definition) is 0. The second kappa shape index (κ2) is 1.57. The van der Waals surface area contributed by atoms with Crippen LogP contribution in [-0.2, 0) is 4.74 Å². The normalized spacial score (nSPS) is 29.4. The van der Waals surface area contributed by atoms with Gasteiger partial charge in [-0.3, -0.25) is 0 Å². The summed E-state index contributed by atoms with van der Waals surface area (Å²) in [4.78, 5) is 0. The van der Waals surface area contributed by atoms with E-state index in [9.17, 15) is 0 Å². The minimum Gasteiger partial charge on any atom is -0.498 e. The van der Waals surface area contributed by atoms with E-state index in [1.165, 1.54) is 0 Å². The highest BCUT2D eigenvalue weighted by atomic mass is 16.5. The van der Waals surface area contributed by atoms with Crippen molar-refractivity contribution in [2.24, 2.45) is 5.92 Å². The van der Waals surface area contributed by atoms with Gasteiger partial charge in [-0.15, -0.1) is 0 Å². The minimum atomic E-state index is 0.639. The standard InChI is InChI=1S/C6H10O/c1-5-3-6(2)7-4-5/h3,5H,4H2,1-2H3. The van der Waals surface area contributed by atoms with E-state index in [1.807, 2.05) is 6.92 Å². The molecule has 0 aliphatic carbocycles. The fourth-order valence-electron chi connectivity index (χ4n) is 0.760. The van der Waals surface area contributed by atoms with E-state index in [0.717, 1.165) is 12.4 Å². The van der Waals surface area contributed by atoms with E-state index >= 15 is 0 Å². The zero-order chi connectivity index (χ0) is 5.28. The summed E-state index contributed by atoms with van der Waals surface area (Å²) in [5.74, 6) is 1.72. The quantitative estimate of drug-likeness (QED) is 0.446. The molecule has 0 fully saturated rings. The molecule has 1 aliphatic rings. The molecule has 40 valence electrons. The lowest BCUT2D eigenvalue weighted by molar-refractivity contribution is 0.225. The van der Waals surface area contributed by atoms with E-state index < -0.39 is 0 Å². The Morgan fingerprint density at radius 1 is 1.86 bits per heavy atom. The molecule has 0 bridgehead atoms. The Labute approximate surface area is 44.0 Å². The molecule has 0 N–H and O–H groups in total. The molecule has 0 saturated carbocycles. The maximum absolute atomic E-state index is 5.13. The molecule has 1 heterocycles. The molecule has 1 aliphatic heterocycles. The third-order valence-electron chi connectivity index (χ3n) is 1.09. The Kier molecular flexibility index (Phi) is 1.05. The van der Waals surface area contributed by atoms with Crippen LogP contribution in [0.1, 0.15) is 13.8 Å². The van der Waals surface area contributed by atoms with Gasteiger partial charge in [-0.1, -0.05) is 6.92 Å². The summed E-state index contributed by atoms with van der Waals surface area (Å²) in [7, 11) is 0. The summed E-state index contributed by atoms with van der Waals surface area (Å²) in [5, 5.41) is 0. The van der Waals surface area contributed by atoms with Crippen molar-refractivity contribution in [3.63, 3.8) is 0 Å². The average molecular weight is 98.1 g/mol. The van der Waals surface area contributed by atoms with Crippen LogP contribution in [0.5, 0.6) is 0 Å². The van der Waals surface area contributed by atoms with Crippen LogP contribution in [0.3, 0.4) is 0 Å². The zero-order valence-corrected chi connectivity index (χ0v) is 4.77. The lowest BCUT2D eigenvalue weighted by atomic mass is 10.2. The van der Waals surface area contributed by atoms with Crippen LogP contribution in [0, 0.1) is 5.92 Å². The highest BCUT2D eigenvalue weighted by Crippen LogP contribution is 2.12. The molecule has 0 spiro atoms. The van der Waals surface area contributed by atoms with Gasteiger partial charge in [0.25, 0.3) is 0 Å². The Morgan fingerprint density at radius 2 is 2.57 bits per heavy atom. The van der Waals surface area contributed by atoms with E-state index in [2.05, 4.69) is 13.0 Å². The first kappa shape index (κ1) is 4.69. The molecule has 0 aromatic carbocycles. The Balaban J connectivity index is 2.50. The van der Waals surface area contributed by atoms with Gasteiger partial charge in [0.05, 0.1) is 12.4 Å². The van der Waals surface area contributed by atoms with Gasteiger partial charge < -0.3 is 4.74 Å². The molecule has 1 rings (SSSR count). The molecule has 0 aromatic rings. The highest BCUT2D eigenvalue weighted by molar-refractivity contribution is 4.97. The summed E-state index contributed by atoms with van der Waals surface area (Å²) in [5.41, 5.74) is 0. The predicted octanol–water partition coefficient (Wildman–Crippen LogP) is 1.56. The third kappa shape index (κ3) is 0.952. The zero-order valence-electron chi connectivity index (χ0n) is 4.77. The fraction of sp³-hybridized carbons (Fsp3) is 0.667. The first-order chi connectivity index (χ1) is 3.29. The lowest BCUT2D eigenvalue weighted by Crippen LogP contribution is -1.89. The summed E-state index contributed by atoms with van der Waals surface area (Å²) >= 11 is 0. The summed E-state index contributed by atoms with van der Waals surface area (Å²) in [6.07, 6.45) is 2.14. The van der Waals surface area contributed by atoms with Crippen LogP contribution in [-0.4, -0.2) is 6.61 Å². The molecule has 0 aromatic heterocycles. The second-order valence-corrected chi connectivity index (χ2v) is 2.07. The van der Waals surface area contributed by atoms with Crippen molar-refractivity contribution in [3.05, 3.63) is 11.8 Å². The lowest BCUT2D eigenvalue weighted by Gasteiger charge is -1.93.